The van der Waals surface area contributed by atoms with Gasteiger partial charge in [-0.1, -0.05) is 30.9 Å². The molecule has 4 aliphatic carbocycles. The highest BCUT2D eigenvalue weighted by Crippen LogP contribution is 2.56. The summed E-state index contributed by atoms with van der Waals surface area (Å²) in [6.07, 6.45) is 8.84. The maximum absolute atomic E-state index is 13.9. The first-order valence-electron chi connectivity index (χ1n) is 13.3. The number of rotatable bonds is 3. The average Bonchev–Trinajstić information content (AvgIpc) is 3.16. The molecule has 7 nitrogen and oxygen atoms in total. The van der Waals surface area contributed by atoms with E-state index in [1.54, 1.807) is 19.1 Å². The van der Waals surface area contributed by atoms with Crippen LogP contribution in [0.4, 0.5) is 0 Å². The largest absolute Gasteiger partial charge is 0.508 e. The van der Waals surface area contributed by atoms with Crippen molar-refractivity contribution in [2.45, 2.75) is 63.8 Å². The number of hydrogen-bond acceptors (Lipinski definition) is 6. The minimum Gasteiger partial charge on any atom is -0.508 e. The van der Waals surface area contributed by atoms with E-state index in [-0.39, 0.29) is 47.5 Å². The number of carbonyl (C=O) groups is 4. The van der Waals surface area contributed by atoms with Gasteiger partial charge >= 0.3 is 0 Å². The Morgan fingerprint density at radius 3 is 2.49 bits per heavy atom. The summed E-state index contributed by atoms with van der Waals surface area (Å²) in [5.41, 5.74) is 2.44. The second-order valence-corrected chi connectivity index (χ2v) is 11.0. The molecule has 0 spiro atoms. The van der Waals surface area contributed by atoms with Crippen LogP contribution in [-0.4, -0.2) is 46.5 Å². The molecule has 1 saturated heterocycles. The highest BCUT2D eigenvalue weighted by atomic mass is 16.5. The minimum absolute atomic E-state index is 0.00879. The van der Waals surface area contributed by atoms with E-state index in [2.05, 4.69) is 0 Å². The average molecular weight is 502 g/mol. The lowest BCUT2D eigenvalue weighted by Crippen LogP contribution is -2.43. The zero-order valence-electron chi connectivity index (χ0n) is 21.2. The van der Waals surface area contributed by atoms with Gasteiger partial charge in [0, 0.05) is 34.2 Å². The molecule has 7 heteroatoms. The number of amides is 2. The van der Waals surface area contributed by atoms with Gasteiger partial charge < -0.3 is 9.84 Å². The number of phenolic OH excluding ortho intramolecular Hbond substituents is 1. The smallest absolute Gasteiger partial charge is 0.233 e. The summed E-state index contributed by atoms with van der Waals surface area (Å²) >= 11 is 0. The Morgan fingerprint density at radius 1 is 1.00 bits per heavy atom. The molecule has 0 unspecified atom stereocenters. The molecule has 0 radical (unpaired) electrons. The molecule has 1 aliphatic heterocycles. The number of likely N-dealkylation sites (tertiary alicyclic amines) is 1. The van der Waals surface area contributed by atoms with Crippen LogP contribution in [0.1, 0.15) is 63.4 Å². The van der Waals surface area contributed by atoms with Gasteiger partial charge in [0.2, 0.25) is 11.8 Å². The molecular weight excluding hydrogens is 470 g/mol. The summed E-state index contributed by atoms with van der Waals surface area (Å²) in [7, 11) is 1.53. The first kappa shape index (κ1) is 23.9. The van der Waals surface area contributed by atoms with E-state index in [1.165, 1.54) is 24.2 Å². The van der Waals surface area contributed by atoms with Crippen LogP contribution < -0.4 is 4.74 Å². The fourth-order valence-corrected chi connectivity index (χ4v) is 7.35. The highest BCUT2D eigenvalue weighted by molar-refractivity contribution is 6.23. The van der Waals surface area contributed by atoms with Crippen LogP contribution in [0.2, 0.25) is 0 Å². The third kappa shape index (κ3) is 3.54. The number of aromatic hydroxyl groups is 1. The van der Waals surface area contributed by atoms with E-state index in [0.717, 1.165) is 37.7 Å². The van der Waals surface area contributed by atoms with Gasteiger partial charge in [0.05, 0.1) is 18.9 Å². The van der Waals surface area contributed by atoms with Crippen LogP contribution in [-0.2, 0) is 19.2 Å². The zero-order chi connectivity index (χ0) is 26.0. The lowest BCUT2D eigenvalue weighted by molar-refractivity contribution is -0.143. The Morgan fingerprint density at radius 2 is 1.76 bits per heavy atom. The number of imide groups is 1. The molecular formula is C30H31NO6. The minimum atomic E-state index is -0.683. The van der Waals surface area contributed by atoms with Crippen LogP contribution in [0.3, 0.4) is 0 Å². The summed E-state index contributed by atoms with van der Waals surface area (Å²) in [4.78, 5) is 55.7. The van der Waals surface area contributed by atoms with Gasteiger partial charge in [-0.05, 0) is 62.8 Å². The number of nitrogens with zero attached hydrogens (tertiary/aromatic N) is 1. The molecule has 1 heterocycles. The number of fused-ring (bicyclic) bond motifs is 3. The van der Waals surface area contributed by atoms with Gasteiger partial charge in [0.15, 0.2) is 11.6 Å². The fourth-order valence-electron chi connectivity index (χ4n) is 7.35. The monoisotopic (exact) mass is 501 g/mol. The molecule has 1 aromatic carbocycles. The number of benzene rings is 1. The van der Waals surface area contributed by atoms with Gasteiger partial charge in [-0.3, -0.25) is 24.1 Å². The van der Waals surface area contributed by atoms with Crippen LogP contribution in [0.15, 0.2) is 52.6 Å². The second-order valence-electron chi connectivity index (χ2n) is 11.0. The van der Waals surface area contributed by atoms with Crippen molar-refractivity contribution >= 4 is 23.4 Å². The molecule has 2 fully saturated rings. The van der Waals surface area contributed by atoms with E-state index < -0.39 is 17.8 Å². The number of methoxy groups -OCH3 is 1. The predicted molar refractivity (Wildman–Crippen MR) is 135 cm³/mol. The van der Waals surface area contributed by atoms with Crippen molar-refractivity contribution in [3.05, 3.63) is 58.2 Å². The van der Waals surface area contributed by atoms with Gasteiger partial charge in [0.1, 0.15) is 11.5 Å². The quantitative estimate of drug-likeness (QED) is 0.379. The lowest BCUT2D eigenvalue weighted by Gasteiger charge is -2.42. The molecule has 4 atom stereocenters. The van der Waals surface area contributed by atoms with Crippen LogP contribution >= 0.6 is 0 Å². The van der Waals surface area contributed by atoms with E-state index >= 15 is 0 Å². The van der Waals surface area contributed by atoms with Crippen molar-refractivity contribution in [2.75, 3.05) is 7.11 Å². The molecule has 0 aromatic heterocycles. The summed E-state index contributed by atoms with van der Waals surface area (Å²) in [5, 5.41) is 10.9. The lowest BCUT2D eigenvalue weighted by atomic mass is 9.59. The number of hydrogen-bond donors (Lipinski definition) is 1. The van der Waals surface area contributed by atoms with Crippen molar-refractivity contribution in [1.29, 1.82) is 0 Å². The number of carbonyl (C=O) groups excluding carboxylic acids is 4. The molecule has 1 N–H and O–H groups in total. The molecule has 2 amide bonds. The first-order chi connectivity index (χ1) is 17.8. The van der Waals surface area contributed by atoms with Gasteiger partial charge in [-0.2, -0.15) is 0 Å². The summed E-state index contributed by atoms with van der Waals surface area (Å²) in [6.45, 7) is 1.63. The number of ketones is 2. The van der Waals surface area contributed by atoms with E-state index in [1.807, 2.05) is 6.08 Å². The highest BCUT2D eigenvalue weighted by Gasteiger charge is 2.57. The Labute approximate surface area is 215 Å². The molecule has 5 aliphatic rings. The Balaban J connectivity index is 1.48. The van der Waals surface area contributed by atoms with Crippen LogP contribution in [0.25, 0.3) is 0 Å². The summed E-state index contributed by atoms with van der Waals surface area (Å²) in [6, 6.07) is 4.80. The molecule has 37 heavy (non-hydrogen) atoms. The number of phenols is 1. The van der Waals surface area contributed by atoms with Crippen LogP contribution in [0.5, 0.6) is 11.5 Å². The molecule has 1 saturated carbocycles. The molecule has 1 aromatic rings. The predicted octanol–water partition coefficient (Wildman–Crippen LogP) is 4.16. The first-order valence-corrected chi connectivity index (χ1v) is 13.3. The topological polar surface area (TPSA) is 101 Å². The van der Waals surface area contributed by atoms with Crippen molar-refractivity contribution in [3.8, 4) is 11.5 Å². The third-order valence-corrected chi connectivity index (χ3v) is 9.08. The van der Waals surface area contributed by atoms with Crippen molar-refractivity contribution in [3.63, 3.8) is 0 Å². The number of allylic oxidation sites excluding steroid dienone is 6. The van der Waals surface area contributed by atoms with Crippen molar-refractivity contribution in [1.82, 2.24) is 4.90 Å². The summed E-state index contributed by atoms with van der Waals surface area (Å²) < 4.78 is 5.40. The fraction of sp³-hybridized carbons (Fsp3) is 0.467. The summed E-state index contributed by atoms with van der Waals surface area (Å²) in [5.74, 6) is -2.27. The maximum atomic E-state index is 13.9. The van der Waals surface area contributed by atoms with Gasteiger partial charge in [-0.25, -0.2) is 0 Å². The Hall–Kier alpha value is -3.48. The number of ether oxygens (including phenoxy) is 1. The van der Waals surface area contributed by atoms with Gasteiger partial charge in [-0.15, -0.1) is 0 Å². The zero-order valence-corrected chi connectivity index (χ0v) is 21.2. The molecule has 192 valence electrons. The Bertz CT molecular complexity index is 1330. The number of Topliss-reactive ketones (excluding diaryl/α,β-unsaturated/α-hetero) is 1. The molecule has 6 rings (SSSR count). The SMILES string of the molecule is COc1ccc(O)c([C@H]2C3=CC[C@@H]4C(=O)N(C5CCCCC5)C(=O)[C@@H]4[C@@H]3CC3=C2C(=O)C=C(C)C3=O)c1. The Kier molecular flexibility index (Phi) is 5.70. The van der Waals surface area contributed by atoms with Crippen LogP contribution in [0, 0.1) is 17.8 Å². The standard InChI is InChI=1S/C30H31NO6/c1-15-12-24(33)27-22(28(15)34)14-20-18(25(27)21-13-17(37-2)8-11-23(21)32)9-10-19-26(20)30(36)31(29(19)35)16-6-4-3-5-7-16/h8-9,11-13,16,19-20,25-26,32H,3-7,10,14H2,1-2H3/t19-,20+,25+,26-/m0/s1. The third-order valence-electron chi connectivity index (χ3n) is 9.08. The van der Waals surface area contributed by atoms with Crippen molar-refractivity contribution in [2.24, 2.45) is 17.8 Å². The van der Waals surface area contributed by atoms with E-state index in [0.29, 0.717) is 34.5 Å². The van der Waals surface area contributed by atoms with E-state index in [4.69, 9.17) is 4.74 Å². The van der Waals surface area contributed by atoms with E-state index in [9.17, 15) is 24.3 Å². The molecule has 0 bridgehead atoms. The van der Waals surface area contributed by atoms with Gasteiger partial charge in [0.25, 0.3) is 0 Å². The van der Waals surface area contributed by atoms with Crippen molar-refractivity contribution < 1.29 is 29.0 Å². The normalized spacial score (nSPS) is 30.1. The second kappa shape index (κ2) is 8.82. The maximum Gasteiger partial charge on any atom is 0.233 e.